The van der Waals surface area contributed by atoms with Crippen molar-refractivity contribution in [3.63, 3.8) is 0 Å². The Labute approximate surface area is 151 Å². The molecule has 138 valence electrons. The number of benzene rings is 1. The summed E-state index contributed by atoms with van der Waals surface area (Å²) >= 11 is 0. The van der Waals surface area contributed by atoms with Crippen molar-refractivity contribution in [2.75, 3.05) is 13.7 Å². The SMILES string of the molecule is CCc1noc(CNC(=O)[C@H]2OCC(=O)N(C)[C@@H]2c2ccccc2C)n1. The Hall–Kier alpha value is -2.74. The lowest BCUT2D eigenvalue weighted by atomic mass is 9.94. The highest BCUT2D eigenvalue weighted by Gasteiger charge is 2.40. The van der Waals surface area contributed by atoms with Gasteiger partial charge in [-0.2, -0.15) is 4.98 Å². The predicted octanol–water partition coefficient (Wildman–Crippen LogP) is 1.16. The molecule has 8 heteroatoms. The molecule has 1 fully saturated rings. The second kappa shape index (κ2) is 7.65. The number of ether oxygens (including phenoxy) is 1. The van der Waals surface area contributed by atoms with Crippen LogP contribution >= 0.6 is 0 Å². The number of carbonyl (C=O) groups excluding carboxylic acids is 2. The van der Waals surface area contributed by atoms with E-state index in [0.717, 1.165) is 11.1 Å². The highest BCUT2D eigenvalue weighted by Crippen LogP contribution is 2.31. The van der Waals surface area contributed by atoms with Gasteiger partial charge in [0.25, 0.3) is 5.91 Å². The lowest BCUT2D eigenvalue weighted by Gasteiger charge is -2.38. The molecule has 26 heavy (non-hydrogen) atoms. The van der Waals surface area contributed by atoms with Crippen LogP contribution in [0, 0.1) is 6.92 Å². The lowest BCUT2D eigenvalue weighted by Crippen LogP contribution is -2.53. The van der Waals surface area contributed by atoms with Gasteiger partial charge in [-0.1, -0.05) is 36.3 Å². The number of nitrogens with one attached hydrogen (secondary N) is 1. The fraction of sp³-hybridized carbons (Fsp3) is 0.444. The number of nitrogens with zero attached hydrogens (tertiary/aromatic N) is 3. The summed E-state index contributed by atoms with van der Waals surface area (Å²) in [5.41, 5.74) is 1.87. The zero-order valence-electron chi connectivity index (χ0n) is 15.1. The number of morpholine rings is 1. The predicted molar refractivity (Wildman–Crippen MR) is 92.0 cm³/mol. The summed E-state index contributed by atoms with van der Waals surface area (Å²) in [6, 6.07) is 7.16. The van der Waals surface area contributed by atoms with Crippen molar-refractivity contribution in [2.45, 2.75) is 39.0 Å². The fourth-order valence-electron chi connectivity index (χ4n) is 2.99. The molecule has 2 heterocycles. The van der Waals surface area contributed by atoms with Crippen LogP contribution in [0.3, 0.4) is 0 Å². The van der Waals surface area contributed by atoms with Gasteiger partial charge in [0, 0.05) is 13.5 Å². The second-order valence-corrected chi connectivity index (χ2v) is 6.21. The van der Waals surface area contributed by atoms with Gasteiger partial charge in [-0.25, -0.2) is 0 Å². The molecule has 0 unspecified atom stereocenters. The number of hydrogen-bond donors (Lipinski definition) is 1. The van der Waals surface area contributed by atoms with Crippen LogP contribution < -0.4 is 5.32 Å². The molecule has 0 radical (unpaired) electrons. The number of amides is 2. The van der Waals surface area contributed by atoms with E-state index in [1.807, 2.05) is 38.1 Å². The van der Waals surface area contributed by atoms with Gasteiger partial charge in [0.2, 0.25) is 11.8 Å². The number of rotatable bonds is 5. The minimum absolute atomic E-state index is 0.115. The van der Waals surface area contributed by atoms with Crippen molar-refractivity contribution in [3.8, 4) is 0 Å². The van der Waals surface area contributed by atoms with Crippen molar-refractivity contribution >= 4 is 11.8 Å². The summed E-state index contributed by atoms with van der Waals surface area (Å²) < 4.78 is 10.7. The van der Waals surface area contributed by atoms with Crippen molar-refractivity contribution in [3.05, 3.63) is 47.1 Å². The topological polar surface area (TPSA) is 97.6 Å². The van der Waals surface area contributed by atoms with E-state index in [0.29, 0.717) is 18.1 Å². The maximum atomic E-state index is 12.7. The largest absolute Gasteiger partial charge is 0.356 e. The van der Waals surface area contributed by atoms with E-state index >= 15 is 0 Å². The Morgan fingerprint density at radius 1 is 1.38 bits per heavy atom. The molecule has 1 saturated heterocycles. The van der Waals surface area contributed by atoms with E-state index in [4.69, 9.17) is 9.26 Å². The summed E-state index contributed by atoms with van der Waals surface area (Å²) in [5.74, 6) is 0.440. The zero-order chi connectivity index (χ0) is 18.7. The number of aryl methyl sites for hydroxylation is 2. The summed E-state index contributed by atoms with van der Waals surface area (Å²) in [6.45, 7) is 3.85. The van der Waals surface area contributed by atoms with Crippen molar-refractivity contribution in [1.29, 1.82) is 0 Å². The standard InChI is InChI=1S/C18H22N4O4/c1-4-13-20-14(26-21-13)9-19-18(24)17-16(22(3)15(23)10-25-17)12-8-6-5-7-11(12)2/h5-8,16-17H,4,9-10H2,1-3H3,(H,19,24)/t16-,17+/m1/s1. The molecule has 8 nitrogen and oxygen atoms in total. The molecule has 1 aliphatic heterocycles. The first-order valence-corrected chi connectivity index (χ1v) is 8.53. The monoisotopic (exact) mass is 358 g/mol. The Bertz CT molecular complexity index is 804. The Kier molecular flexibility index (Phi) is 5.32. The average Bonchev–Trinajstić information content (AvgIpc) is 3.11. The van der Waals surface area contributed by atoms with E-state index in [1.54, 1.807) is 11.9 Å². The first-order chi connectivity index (χ1) is 12.5. The third-order valence-corrected chi connectivity index (χ3v) is 4.49. The molecule has 2 aromatic rings. The fourth-order valence-corrected chi connectivity index (χ4v) is 2.99. The van der Waals surface area contributed by atoms with Crippen LogP contribution in [0.2, 0.25) is 0 Å². The van der Waals surface area contributed by atoms with Crippen LogP contribution in [0.1, 0.15) is 35.8 Å². The molecule has 0 aliphatic carbocycles. The maximum Gasteiger partial charge on any atom is 0.252 e. The van der Waals surface area contributed by atoms with E-state index in [1.165, 1.54) is 0 Å². The average molecular weight is 358 g/mol. The van der Waals surface area contributed by atoms with Crippen molar-refractivity contribution < 1.29 is 18.8 Å². The molecule has 2 amide bonds. The summed E-state index contributed by atoms with van der Waals surface area (Å²) in [4.78, 5) is 30.6. The van der Waals surface area contributed by atoms with Crippen LogP contribution in [0.15, 0.2) is 28.8 Å². The van der Waals surface area contributed by atoms with E-state index in [9.17, 15) is 9.59 Å². The molecule has 2 atom stereocenters. The van der Waals surface area contributed by atoms with E-state index in [2.05, 4.69) is 15.5 Å². The molecular formula is C18H22N4O4. The van der Waals surface area contributed by atoms with Gasteiger partial charge in [0.15, 0.2) is 11.9 Å². The van der Waals surface area contributed by atoms with Crippen LogP contribution in [-0.2, 0) is 27.3 Å². The zero-order valence-corrected chi connectivity index (χ0v) is 15.1. The van der Waals surface area contributed by atoms with Gasteiger partial charge in [-0.3, -0.25) is 9.59 Å². The Balaban J connectivity index is 1.78. The highest BCUT2D eigenvalue weighted by molar-refractivity contribution is 5.86. The first kappa shape index (κ1) is 18.1. The minimum Gasteiger partial charge on any atom is -0.356 e. The minimum atomic E-state index is -0.813. The number of carbonyl (C=O) groups is 2. The van der Waals surface area contributed by atoms with Crippen LogP contribution in [0.5, 0.6) is 0 Å². The normalized spacial score (nSPS) is 20.3. The summed E-state index contributed by atoms with van der Waals surface area (Å²) in [5, 5.41) is 6.56. The van der Waals surface area contributed by atoms with Gasteiger partial charge in [-0.05, 0) is 18.1 Å². The van der Waals surface area contributed by atoms with Crippen molar-refractivity contribution in [1.82, 2.24) is 20.4 Å². The molecule has 0 saturated carbocycles. The maximum absolute atomic E-state index is 12.7. The van der Waals surface area contributed by atoms with Crippen LogP contribution in [0.4, 0.5) is 0 Å². The second-order valence-electron chi connectivity index (χ2n) is 6.21. The molecule has 1 aromatic heterocycles. The number of hydrogen-bond acceptors (Lipinski definition) is 6. The molecule has 1 N–H and O–H groups in total. The van der Waals surface area contributed by atoms with Crippen LogP contribution in [-0.4, -0.2) is 46.6 Å². The molecule has 3 rings (SSSR count). The summed E-state index contributed by atoms with van der Waals surface area (Å²) in [7, 11) is 1.69. The van der Waals surface area contributed by atoms with Crippen molar-refractivity contribution in [2.24, 2.45) is 0 Å². The lowest BCUT2D eigenvalue weighted by molar-refractivity contribution is -0.162. The number of likely N-dealkylation sites (N-methyl/N-ethyl adjacent to an activating group) is 1. The first-order valence-electron chi connectivity index (χ1n) is 8.53. The van der Waals surface area contributed by atoms with Gasteiger partial charge in [0.1, 0.15) is 6.61 Å². The van der Waals surface area contributed by atoms with Gasteiger partial charge < -0.3 is 19.5 Å². The smallest absolute Gasteiger partial charge is 0.252 e. The molecule has 0 bridgehead atoms. The quantitative estimate of drug-likeness (QED) is 0.861. The number of aromatic nitrogens is 2. The molecular weight excluding hydrogens is 336 g/mol. The van der Waals surface area contributed by atoms with Crippen LogP contribution in [0.25, 0.3) is 0 Å². The molecule has 1 aromatic carbocycles. The van der Waals surface area contributed by atoms with Gasteiger partial charge in [0.05, 0.1) is 12.6 Å². The Morgan fingerprint density at radius 3 is 2.85 bits per heavy atom. The van der Waals surface area contributed by atoms with Gasteiger partial charge in [-0.15, -0.1) is 0 Å². The third kappa shape index (κ3) is 3.60. The third-order valence-electron chi connectivity index (χ3n) is 4.49. The summed E-state index contributed by atoms with van der Waals surface area (Å²) in [6.07, 6.45) is -0.154. The molecule has 0 spiro atoms. The highest BCUT2D eigenvalue weighted by atomic mass is 16.5. The van der Waals surface area contributed by atoms with E-state index in [-0.39, 0.29) is 25.0 Å². The molecule has 1 aliphatic rings. The van der Waals surface area contributed by atoms with E-state index < -0.39 is 12.1 Å². The Morgan fingerprint density at radius 2 is 2.15 bits per heavy atom. The van der Waals surface area contributed by atoms with Gasteiger partial charge >= 0.3 is 0 Å².